The Morgan fingerprint density at radius 2 is 1.59 bits per heavy atom. The van der Waals surface area contributed by atoms with E-state index in [2.05, 4.69) is 0 Å². The molecule has 1 unspecified atom stereocenters. The standard InChI is InChI=1S/C31H33NO5/c1-17(2)37-24-10-8-9-22(16-24)28-27(29(33)25-14-21(6)26(36-7)15-20(25)5)30(34)31(35)32(28)23-12-18(3)11-19(4)13-23/h8-17,28,33H,1-7H3/b29-27+. The normalized spacial score (nSPS) is 17.0. The van der Waals surface area contributed by atoms with Crippen molar-refractivity contribution in [3.8, 4) is 11.5 Å². The Balaban J connectivity index is 1.99. The predicted molar refractivity (Wildman–Crippen MR) is 145 cm³/mol. The first-order chi connectivity index (χ1) is 17.5. The lowest BCUT2D eigenvalue weighted by Crippen LogP contribution is -2.29. The smallest absolute Gasteiger partial charge is 0.300 e. The molecule has 0 aliphatic carbocycles. The van der Waals surface area contributed by atoms with E-state index in [4.69, 9.17) is 9.47 Å². The maximum Gasteiger partial charge on any atom is 0.300 e. The summed E-state index contributed by atoms with van der Waals surface area (Å²) in [4.78, 5) is 28.6. The summed E-state index contributed by atoms with van der Waals surface area (Å²) in [5.74, 6) is -0.331. The third kappa shape index (κ3) is 4.96. The van der Waals surface area contributed by atoms with Gasteiger partial charge in [-0.25, -0.2) is 0 Å². The molecular weight excluding hydrogens is 466 g/mol. The Morgan fingerprint density at radius 1 is 0.919 bits per heavy atom. The number of rotatable bonds is 6. The summed E-state index contributed by atoms with van der Waals surface area (Å²) in [6, 6.07) is 15.9. The highest BCUT2D eigenvalue weighted by Crippen LogP contribution is 2.44. The maximum atomic E-state index is 13.6. The molecule has 6 heteroatoms. The number of aryl methyl sites for hydroxylation is 4. The molecule has 1 heterocycles. The van der Waals surface area contributed by atoms with E-state index in [0.29, 0.717) is 28.3 Å². The maximum absolute atomic E-state index is 13.6. The Hall–Kier alpha value is -4.06. The molecule has 1 saturated heterocycles. The van der Waals surface area contributed by atoms with Gasteiger partial charge in [0.15, 0.2) is 0 Å². The fraction of sp³-hybridized carbons (Fsp3) is 0.290. The summed E-state index contributed by atoms with van der Waals surface area (Å²) in [6.45, 7) is 11.5. The fourth-order valence-electron chi connectivity index (χ4n) is 4.94. The molecule has 0 bridgehead atoms. The molecule has 4 rings (SSSR count). The highest BCUT2D eigenvalue weighted by Gasteiger charge is 2.47. The lowest BCUT2D eigenvalue weighted by atomic mass is 9.92. The number of nitrogens with zero attached hydrogens (tertiary/aromatic N) is 1. The zero-order chi connectivity index (χ0) is 27.0. The van der Waals surface area contributed by atoms with E-state index in [1.165, 1.54) is 4.90 Å². The van der Waals surface area contributed by atoms with E-state index in [1.807, 2.05) is 90.1 Å². The van der Waals surface area contributed by atoms with Crippen LogP contribution in [0.3, 0.4) is 0 Å². The van der Waals surface area contributed by atoms with Gasteiger partial charge in [-0.15, -0.1) is 0 Å². The molecular formula is C31H33NO5. The van der Waals surface area contributed by atoms with Crippen molar-refractivity contribution in [3.05, 3.63) is 93.6 Å². The van der Waals surface area contributed by atoms with Crippen LogP contribution in [0.5, 0.6) is 11.5 Å². The number of Topliss-reactive ketones (excluding diaryl/α,β-unsaturated/α-hetero) is 1. The van der Waals surface area contributed by atoms with Crippen LogP contribution in [0.1, 0.15) is 53.3 Å². The molecule has 1 atom stereocenters. The topological polar surface area (TPSA) is 76.1 Å². The number of aliphatic hydroxyl groups is 1. The molecule has 0 radical (unpaired) electrons. The van der Waals surface area contributed by atoms with Gasteiger partial charge < -0.3 is 14.6 Å². The zero-order valence-electron chi connectivity index (χ0n) is 22.4. The average Bonchev–Trinajstić information content (AvgIpc) is 3.09. The van der Waals surface area contributed by atoms with Crippen LogP contribution in [0.2, 0.25) is 0 Å². The van der Waals surface area contributed by atoms with Crippen LogP contribution >= 0.6 is 0 Å². The molecule has 3 aromatic rings. The third-order valence-electron chi connectivity index (χ3n) is 6.47. The molecule has 1 fully saturated rings. The predicted octanol–water partition coefficient (Wildman–Crippen LogP) is 6.34. The minimum absolute atomic E-state index is 0.0403. The number of carbonyl (C=O) groups excluding carboxylic acids is 2. The van der Waals surface area contributed by atoms with Crippen molar-refractivity contribution in [2.45, 2.75) is 53.7 Å². The van der Waals surface area contributed by atoms with Crippen molar-refractivity contribution in [3.63, 3.8) is 0 Å². The van der Waals surface area contributed by atoms with Crippen molar-refractivity contribution >= 4 is 23.1 Å². The summed E-state index contributed by atoms with van der Waals surface area (Å²) in [5, 5.41) is 11.6. The van der Waals surface area contributed by atoms with E-state index in [0.717, 1.165) is 22.3 Å². The molecule has 6 nitrogen and oxygen atoms in total. The summed E-state index contributed by atoms with van der Waals surface area (Å²) in [6.07, 6.45) is -0.0500. The number of benzene rings is 3. The van der Waals surface area contributed by atoms with Gasteiger partial charge in [0.2, 0.25) is 0 Å². The van der Waals surface area contributed by atoms with E-state index in [-0.39, 0.29) is 17.4 Å². The van der Waals surface area contributed by atoms with Crippen LogP contribution in [0, 0.1) is 27.7 Å². The highest BCUT2D eigenvalue weighted by molar-refractivity contribution is 6.51. The van der Waals surface area contributed by atoms with Crippen molar-refractivity contribution in [2.24, 2.45) is 0 Å². The van der Waals surface area contributed by atoms with Crippen LogP contribution in [0.25, 0.3) is 5.76 Å². The first kappa shape index (κ1) is 26.0. The van der Waals surface area contributed by atoms with Gasteiger partial charge in [-0.1, -0.05) is 18.2 Å². The van der Waals surface area contributed by atoms with Gasteiger partial charge in [0.05, 0.1) is 24.8 Å². The molecule has 1 amide bonds. The van der Waals surface area contributed by atoms with E-state index in [9.17, 15) is 14.7 Å². The van der Waals surface area contributed by atoms with Crippen LogP contribution < -0.4 is 14.4 Å². The first-order valence-corrected chi connectivity index (χ1v) is 12.3. The van der Waals surface area contributed by atoms with Crippen molar-refractivity contribution < 1.29 is 24.2 Å². The van der Waals surface area contributed by atoms with E-state index >= 15 is 0 Å². The van der Waals surface area contributed by atoms with Crippen molar-refractivity contribution in [1.29, 1.82) is 0 Å². The molecule has 1 aliphatic heterocycles. The first-order valence-electron chi connectivity index (χ1n) is 12.3. The second-order valence-electron chi connectivity index (χ2n) is 9.89. The molecule has 0 aromatic heterocycles. The summed E-state index contributed by atoms with van der Waals surface area (Å²) >= 11 is 0. The second kappa shape index (κ2) is 10.1. The monoisotopic (exact) mass is 499 g/mol. The number of hydrogen-bond donors (Lipinski definition) is 1. The van der Waals surface area contributed by atoms with Crippen molar-refractivity contribution in [1.82, 2.24) is 0 Å². The van der Waals surface area contributed by atoms with E-state index in [1.54, 1.807) is 13.2 Å². The molecule has 1 aliphatic rings. The van der Waals surface area contributed by atoms with Gasteiger partial charge in [0.25, 0.3) is 11.7 Å². The Labute approximate surface area is 218 Å². The largest absolute Gasteiger partial charge is 0.507 e. The Kier molecular flexibility index (Phi) is 7.12. The lowest BCUT2D eigenvalue weighted by Gasteiger charge is -2.27. The minimum atomic E-state index is -0.835. The van der Waals surface area contributed by atoms with Gasteiger partial charge in [-0.05, 0) is 106 Å². The van der Waals surface area contributed by atoms with E-state index < -0.39 is 17.7 Å². The number of anilines is 1. The van der Waals surface area contributed by atoms with Crippen LogP contribution in [-0.2, 0) is 9.59 Å². The van der Waals surface area contributed by atoms with Gasteiger partial charge >= 0.3 is 0 Å². The number of aliphatic hydroxyl groups excluding tert-OH is 1. The number of methoxy groups -OCH3 is 1. The highest BCUT2D eigenvalue weighted by atomic mass is 16.5. The quantitative estimate of drug-likeness (QED) is 0.243. The molecule has 192 valence electrons. The average molecular weight is 500 g/mol. The molecule has 1 N–H and O–H groups in total. The zero-order valence-corrected chi connectivity index (χ0v) is 22.4. The Bertz CT molecular complexity index is 1400. The van der Waals surface area contributed by atoms with Gasteiger partial charge in [0.1, 0.15) is 17.3 Å². The summed E-state index contributed by atoms with van der Waals surface area (Å²) in [7, 11) is 1.59. The number of carbonyl (C=O) groups is 2. The second-order valence-corrected chi connectivity index (χ2v) is 9.89. The Morgan fingerprint density at radius 3 is 2.22 bits per heavy atom. The van der Waals surface area contributed by atoms with Crippen LogP contribution in [0.15, 0.2) is 60.2 Å². The summed E-state index contributed by atoms with van der Waals surface area (Å²) < 4.78 is 11.3. The number of ether oxygens (including phenoxy) is 2. The number of ketones is 1. The molecule has 0 spiro atoms. The number of amides is 1. The van der Waals surface area contributed by atoms with Crippen LogP contribution in [-0.4, -0.2) is 30.0 Å². The molecule has 0 saturated carbocycles. The van der Waals surface area contributed by atoms with Crippen molar-refractivity contribution in [2.75, 3.05) is 12.0 Å². The minimum Gasteiger partial charge on any atom is -0.507 e. The third-order valence-corrected chi connectivity index (χ3v) is 6.47. The number of hydrogen-bond acceptors (Lipinski definition) is 5. The molecule has 3 aromatic carbocycles. The fourth-order valence-corrected chi connectivity index (χ4v) is 4.94. The lowest BCUT2D eigenvalue weighted by molar-refractivity contribution is -0.132. The van der Waals surface area contributed by atoms with Gasteiger partial charge in [-0.3, -0.25) is 14.5 Å². The van der Waals surface area contributed by atoms with Crippen LogP contribution in [0.4, 0.5) is 5.69 Å². The SMILES string of the molecule is COc1cc(C)c(/C(O)=C2\C(=O)C(=O)N(c3cc(C)cc(C)c3)C2c2cccc(OC(C)C)c2)cc1C. The van der Waals surface area contributed by atoms with Gasteiger partial charge in [-0.2, -0.15) is 0 Å². The summed E-state index contributed by atoms with van der Waals surface area (Å²) in [5.41, 5.74) is 5.26. The van der Waals surface area contributed by atoms with Gasteiger partial charge in [0, 0.05) is 11.3 Å². The molecule has 37 heavy (non-hydrogen) atoms.